The number of nitrogens with two attached hydrogens (primary N) is 1. The summed E-state index contributed by atoms with van der Waals surface area (Å²) in [4.78, 5) is 22.5. The number of hydrogen-bond donors (Lipinski definition) is 3. The lowest BCUT2D eigenvalue weighted by atomic mass is 10.0. The van der Waals surface area contributed by atoms with Crippen LogP contribution in [0.2, 0.25) is 0 Å². The molecule has 0 fully saturated rings. The number of rotatable bonds is 7. The van der Waals surface area contributed by atoms with Crippen LogP contribution in [0.3, 0.4) is 0 Å². The first-order valence-electron chi connectivity index (χ1n) is 6.79. The number of benzene rings is 1. The molecule has 1 aromatic rings. The monoisotopic (exact) mass is 277 g/mol. The average Bonchev–Trinajstić information content (AvgIpc) is 2.35. The highest BCUT2D eigenvalue weighted by atomic mass is 16.2. The zero-order valence-electron chi connectivity index (χ0n) is 12.3. The summed E-state index contributed by atoms with van der Waals surface area (Å²) in [7, 11) is 0. The molecule has 5 heteroatoms. The Bertz CT molecular complexity index is 484. The molecule has 0 saturated heterocycles. The molecule has 20 heavy (non-hydrogen) atoms. The first kappa shape index (κ1) is 16.2. The summed E-state index contributed by atoms with van der Waals surface area (Å²) in [6, 6.07) is 5.56. The molecule has 0 aliphatic heterocycles. The molecule has 4 N–H and O–H groups in total. The Hall–Kier alpha value is -1.88. The van der Waals surface area contributed by atoms with Crippen LogP contribution >= 0.6 is 0 Å². The van der Waals surface area contributed by atoms with Crippen molar-refractivity contribution in [1.82, 2.24) is 10.6 Å². The number of nitrogens with one attached hydrogen (secondary N) is 2. The molecule has 0 spiro atoms. The third kappa shape index (κ3) is 5.40. The molecule has 110 valence electrons. The van der Waals surface area contributed by atoms with Crippen molar-refractivity contribution >= 4 is 11.8 Å². The predicted molar refractivity (Wildman–Crippen MR) is 79.3 cm³/mol. The fourth-order valence-electron chi connectivity index (χ4n) is 1.87. The van der Waals surface area contributed by atoms with Gasteiger partial charge in [-0.05, 0) is 44.0 Å². The highest BCUT2D eigenvalue weighted by molar-refractivity contribution is 5.93. The Morgan fingerprint density at radius 2 is 2.00 bits per heavy atom. The molecule has 0 bridgehead atoms. The number of carbonyl (C=O) groups is 2. The Kier molecular flexibility index (Phi) is 6.18. The first-order valence-corrected chi connectivity index (χ1v) is 6.79. The van der Waals surface area contributed by atoms with Crippen LogP contribution in [0, 0.1) is 6.92 Å². The maximum Gasteiger partial charge on any atom is 0.248 e. The smallest absolute Gasteiger partial charge is 0.248 e. The van der Waals surface area contributed by atoms with Gasteiger partial charge in [-0.15, -0.1) is 0 Å². The van der Waals surface area contributed by atoms with Crippen molar-refractivity contribution in [3.63, 3.8) is 0 Å². The molecule has 0 atom stereocenters. The van der Waals surface area contributed by atoms with Crippen molar-refractivity contribution in [2.45, 2.75) is 39.8 Å². The Balaban J connectivity index is 2.39. The van der Waals surface area contributed by atoms with Crippen LogP contribution in [0.1, 0.15) is 41.8 Å². The molecule has 0 aliphatic carbocycles. The van der Waals surface area contributed by atoms with Gasteiger partial charge < -0.3 is 16.4 Å². The normalized spacial score (nSPS) is 10.6. The van der Waals surface area contributed by atoms with E-state index in [0.717, 1.165) is 11.1 Å². The molecular weight excluding hydrogens is 254 g/mol. The van der Waals surface area contributed by atoms with E-state index in [0.29, 0.717) is 25.1 Å². The Labute approximate surface area is 119 Å². The van der Waals surface area contributed by atoms with Crippen molar-refractivity contribution in [3.8, 4) is 0 Å². The van der Waals surface area contributed by atoms with Crippen LogP contribution in [0.25, 0.3) is 0 Å². The molecule has 0 radical (unpaired) electrons. The highest BCUT2D eigenvalue weighted by Gasteiger charge is 2.05. The second-order valence-electron chi connectivity index (χ2n) is 5.15. The minimum Gasteiger partial charge on any atom is -0.366 e. The van der Waals surface area contributed by atoms with Crippen LogP contribution in [-0.2, 0) is 11.3 Å². The van der Waals surface area contributed by atoms with E-state index in [1.807, 2.05) is 26.8 Å². The van der Waals surface area contributed by atoms with Gasteiger partial charge in [0.25, 0.3) is 0 Å². The maximum atomic E-state index is 11.4. The maximum absolute atomic E-state index is 11.4. The second kappa shape index (κ2) is 7.65. The van der Waals surface area contributed by atoms with Gasteiger partial charge in [-0.1, -0.05) is 6.07 Å². The van der Waals surface area contributed by atoms with E-state index < -0.39 is 5.91 Å². The Morgan fingerprint density at radius 1 is 1.30 bits per heavy atom. The van der Waals surface area contributed by atoms with E-state index in [1.54, 1.807) is 12.1 Å². The third-order valence-electron chi connectivity index (χ3n) is 2.92. The van der Waals surface area contributed by atoms with Crippen molar-refractivity contribution < 1.29 is 9.59 Å². The summed E-state index contributed by atoms with van der Waals surface area (Å²) in [5.74, 6) is -0.369. The van der Waals surface area contributed by atoms with Gasteiger partial charge in [0.1, 0.15) is 0 Å². The van der Waals surface area contributed by atoms with Crippen molar-refractivity contribution in [2.75, 3.05) is 6.54 Å². The standard InChI is InChI=1S/C15H23N3O2/c1-10(2)18-14(19)6-7-17-9-13-5-4-12(15(16)20)8-11(13)3/h4-5,8,10,17H,6-7,9H2,1-3H3,(H2,16,20)(H,18,19). The highest BCUT2D eigenvalue weighted by Crippen LogP contribution is 2.10. The number of aryl methyl sites for hydroxylation is 1. The summed E-state index contributed by atoms with van der Waals surface area (Å²) in [5, 5.41) is 6.06. The largest absolute Gasteiger partial charge is 0.366 e. The lowest BCUT2D eigenvalue weighted by Crippen LogP contribution is -2.32. The molecule has 5 nitrogen and oxygen atoms in total. The zero-order valence-corrected chi connectivity index (χ0v) is 12.3. The first-order chi connectivity index (χ1) is 9.40. The van der Waals surface area contributed by atoms with Crippen LogP contribution < -0.4 is 16.4 Å². The van der Waals surface area contributed by atoms with Crippen LogP contribution in [0.15, 0.2) is 18.2 Å². The molecule has 0 saturated carbocycles. The van der Waals surface area contributed by atoms with Gasteiger partial charge in [-0.25, -0.2) is 0 Å². The Morgan fingerprint density at radius 3 is 2.55 bits per heavy atom. The van der Waals surface area contributed by atoms with Gasteiger partial charge in [0.05, 0.1) is 0 Å². The molecule has 1 rings (SSSR count). The number of amides is 2. The van der Waals surface area contributed by atoms with Gasteiger partial charge >= 0.3 is 0 Å². The van der Waals surface area contributed by atoms with Crippen LogP contribution in [0.4, 0.5) is 0 Å². The minimum absolute atomic E-state index is 0.0494. The van der Waals surface area contributed by atoms with E-state index in [4.69, 9.17) is 5.73 Å². The molecule has 0 unspecified atom stereocenters. The summed E-state index contributed by atoms with van der Waals surface area (Å²) in [6.07, 6.45) is 0.455. The topological polar surface area (TPSA) is 84.2 Å². The van der Waals surface area contributed by atoms with Gasteiger partial charge in [0, 0.05) is 31.1 Å². The van der Waals surface area contributed by atoms with Gasteiger partial charge in [-0.3, -0.25) is 9.59 Å². The summed E-state index contributed by atoms with van der Waals surface area (Å²) in [6.45, 7) is 7.11. The van der Waals surface area contributed by atoms with Crippen molar-refractivity contribution in [3.05, 3.63) is 34.9 Å². The van der Waals surface area contributed by atoms with E-state index in [1.165, 1.54) is 0 Å². The average molecular weight is 277 g/mol. The predicted octanol–water partition coefficient (Wildman–Crippen LogP) is 1.10. The summed E-state index contributed by atoms with van der Waals surface area (Å²) in [5.41, 5.74) is 7.86. The van der Waals surface area contributed by atoms with E-state index >= 15 is 0 Å². The van der Waals surface area contributed by atoms with Gasteiger partial charge in [0.15, 0.2) is 0 Å². The van der Waals surface area contributed by atoms with E-state index in [-0.39, 0.29) is 11.9 Å². The quantitative estimate of drug-likeness (QED) is 0.652. The SMILES string of the molecule is Cc1cc(C(N)=O)ccc1CNCCC(=O)NC(C)C. The lowest BCUT2D eigenvalue weighted by molar-refractivity contribution is -0.121. The molecule has 2 amide bonds. The fraction of sp³-hybridized carbons (Fsp3) is 0.467. The van der Waals surface area contributed by atoms with Gasteiger partial charge in [0.2, 0.25) is 11.8 Å². The number of primary amides is 1. The van der Waals surface area contributed by atoms with Crippen LogP contribution in [0.5, 0.6) is 0 Å². The third-order valence-corrected chi connectivity index (χ3v) is 2.92. The van der Waals surface area contributed by atoms with Crippen molar-refractivity contribution in [2.24, 2.45) is 5.73 Å². The number of hydrogen-bond acceptors (Lipinski definition) is 3. The minimum atomic E-state index is -0.419. The van der Waals surface area contributed by atoms with Gasteiger partial charge in [-0.2, -0.15) is 0 Å². The zero-order chi connectivity index (χ0) is 15.1. The molecular formula is C15H23N3O2. The van der Waals surface area contributed by atoms with Crippen molar-refractivity contribution in [1.29, 1.82) is 0 Å². The summed E-state index contributed by atoms with van der Waals surface area (Å²) < 4.78 is 0. The lowest BCUT2D eigenvalue weighted by Gasteiger charge is -2.10. The molecule has 0 aromatic heterocycles. The molecule has 0 aliphatic rings. The number of carbonyl (C=O) groups excluding carboxylic acids is 2. The molecule has 1 aromatic carbocycles. The van der Waals surface area contributed by atoms with Crippen LogP contribution in [-0.4, -0.2) is 24.4 Å². The van der Waals surface area contributed by atoms with E-state index in [9.17, 15) is 9.59 Å². The molecule has 0 heterocycles. The summed E-state index contributed by atoms with van der Waals surface area (Å²) >= 11 is 0. The van der Waals surface area contributed by atoms with E-state index in [2.05, 4.69) is 10.6 Å². The fourth-order valence-corrected chi connectivity index (χ4v) is 1.87. The second-order valence-corrected chi connectivity index (χ2v) is 5.15.